The number of aromatic nitrogens is 2. The fraction of sp³-hybridized carbons (Fsp3) is 0.222. The van der Waals surface area contributed by atoms with Crippen molar-refractivity contribution in [1.82, 2.24) is 9.55 Å². The minimum atomic E-state index is -0.342. The van der Waals surface area contributed by atoms with Crippen molar-refractivity contribution in [3.63, 3.8) is 0 Å². The van der Waals surface area contributed by atoms with Gasteiger partial charge in [-0.05, 0) is 12.1 Å². The number of nitrogens with two attached hydrogens (primary N) is 1. The molecule has 2 aromatic rings. The molecule has 14 heavy (non-hydrogen) atoms. The monoisotopic (exact) mass is 195 g/mol. The number of aliphatic hydroxyl groups is 1. The maximum absolute atomic E-state index is 12.8. The lowest BCUT2D eigenvalue weighted by atomic mass is 10.3. The number of rotatable bonds is 2. The van der Waals surface area contributed by atoms with E-state index in [2.05, 4.69) is 4.98 Å². The first-order valence-electron chi connectivity index (χ1n) is 4.24. The molecule has 0 aliphatic carbocycles. The zero-order valence-corrected chi connectivity index (χ0v) is 7.44. The van der Waals surface area contributed by atoms with E-state index in [4.69, 9.17) is 10.8 Å². The molecular weight excluding hydrogens is 185 g/mol. The molecule has 1 aromatic heterocycles. The fourth-order valence-corrected chi connectivity index (χ4v) is 1.46. The number of anilines is 1. The Labute approximate surface area is 79.8 Å². The average molecular weight is 195 g/mol. The molecular formula is C9H10FN3O. The van der Waals surface area contributed by atoms with Crippen molar-refractivity contribution in [2.45, 2.75) is 6.54 Å². The number of nitrogens with zero attached hydrogens (tertiary/aromatic N) is 2. The Morgan fingerprint density at radius 3 is 3.00 bits per heavy atom. The fourth-order valence-electron chi connectivity index (χ4n) is 1.46. The molecule has 0 bridgehead atoms. The maximum Gasteiger partial charge on any atom is 0.201 e. The summed E-state index contributed by atoms with van der Waals surface area (Å²) in [4.78, 5) is 3.98. The molecule has 0 aliphatic rings. The first-order chi connectivity index (χ1) is 6.72. The molecule has 0 radical (unpaired) electrons. The van der Waals surface area contributed by atoms with Crippen molar-refractivity contribution in [3.05, 3.63) is 24.0 Å². The predicted molar refractivity (Wildman–Crippen MR) is 51.2 cm³/mol. The molecule has 3 N–H and O–H groups in total. The first-order valence-corrected chi connectivity index (χ1v) is 4.24. The van der Waals surface area contributed by atoms with Crippen LogP contribution in [0.25, 0.3) is 11.0 Å². The third-order valence-electron chi connectivity index (χ3n) is 2.06. The summed E-state index contributed by atoms with van der Waals surface area (Å²) in [7, 11) is 0. The highest BCUT2D eigenvalue weighted by molar-refractivity contribution is 5.78. The topological polar surface area (TPSA) is 64.1 Å². The number of aliphatic hydroxyl groups excluding tert-OH is 1. The Morgan fingerprint density at radius 2 is 2.29 bits per heavy atom. The summed E-state index contributed by atoms with van der Waals surface area (Å²) in [6.45, 7) is 0.348. The van der Waals surface area contributed by atoms with Crippen LogP contribution in [0.2, 0.25) is 0 Å². The molecule has 0 amide bonds. The second kappa shape index (κ2) is 3.26. The third-order valence-corrected chi connectivity index (χ3v) is 2.06. The van der Waals surface area contributed by atoms with Gasteiger partial charge >= 0.3 is 0 Å². The van der Waals surface area contributed by atoms with E-state index in [-0.39, 0.29) is 12.4 Å². The number of halogens is 1. The van der Waals surface area contributed by atoms with Gasteiger partial charge in [-0.25, -0.2) is 9.37 Å². The van der Waals surface area contributed by atoms with Crippen molar-refractivity contribution >= 4 is 17.0 Å². The molecule has 0 saturated heterocycles. The van der Waals surface area contributed by atoms with E-state index in [0.29, 0.717) is 18.0 Å². The third kappa shape index (κ3) is 1.31. The van der Waals surface area contributed by atoms with Gasteiger partial charge in [-0.1, -0.05) is 0 Å². The highest BCUT2D eigenvalue weighted by Crippen LogP contribution is 2.18. The summed E-state index contributed by atoms with van der Waals surface area (Å²) >= 11 is 0. The normalized spacial score (nSPS) is 11.0. The van der Waals surface area contributed by atoms with Gasteiger partial charge in [0.05, 0.1) is 17.6 Å². The standard InChI is InChI=1S/C9H10FN3O/c10-6-1-2-8-7(5-6)12-9(11)13(8)3-4-14/h1-2,5,14H,3-4H2,(H2,11,12). The second-order valence-electron chi connectivity index (χ2n) is 2.98. The van der Waals surface area contributed by atoms with Gasteiger partial charge in [-0.3, -0.25) is 0 Å². The van der Waals surface area contributed by atoms with Crippen LogP contribution in [-0.2, 0) is 6.54 Å². The smallest absolute Gasteiger partial charge is 0.201 e. The molecule has 0 fully saturated rings. The summed E-state index contributed by atoms with van der Waals surface area (Å²) in [5.41, 5.74) is 6.85. The Bertz CT molecular complexity index is 466. The Kier molecular flexibility index (Phi) is 2.09. The van der Waals surface area contributed by atoms with Gasteiger partial charge in [0.15, 0.2) is 0 Å². The SMILES string of the molecule is Nc1nc2cc(F)ccc2n1CCO. The number of hydrogen-bond acceptors (Lipinski definition) is 3. The van der Waals surface area contributed by atoms with E-state index in [1.165, 1.54) is 12.1 Å². The number of benzene rings is 1. The van der Waals surface area contributed by atoms with Crippen LogP contribution in [0.5, 0.6) is 0 Å². The Balaban J connectivity index is 2.64. The number of nitrogen functional groups attached to an aromatic ring is 1. The second-order valence-corrected chi connectivity index (χ2v) is 2.98. The molecule has 74 valence electrons. The van der Waals surface area contributed by atoms with Gasteiger partial charge in [0.25, 0.3) is 0 Å². The molecule has 2 rings (SSSR count). The lowest BCUT2D eigenvalue weighted by Gasteiger charge is -2.02. The van der Waals surface area contributed by atoms with Crippen molar-refractivity contribution in [2.75, 3.05) is 12.3 Å². The van der Waals surface area contributed by atoms with E-state index in [0.717, 1.165) is 5.52 Å². The van der Waals surface area contributed by atoms with E-state index >= 15 is 0 Å². The average Bonchev–Trinajstić information content (AvgIpc) is 2.43. The van der Waals surface area contributed by atoms with Gasteiger partial charge in [0.2, 0.25) is 5.95 Å². The number of fused-ring (bicyclic) bond motifs is 1. The largest absolute Gasteiger partial charge is 0.395 e. The van der Waals surface area contributed by atoms with Gasteiger partial charge in [-0.2, -0.15) is 0 Å². The van der Waals surface area contributed by atoms with E-state index < -0.39 is 0 Å². The molecule has 4 nitrogen and oxygen atoms in total. The quantitative estimate of drug-likeness (QED) is 0.743. The summed E-state index contributed by atoms with van der Waals surface area (Å²) in [5, 5.41) is 8.80. The molecule has 0 unspecified atom stereocenters. The van der Waals surface area contributed by atoms with Crippen LogP contribution in [0.15, 0.2) is 18.2 Å². The van der Waals surface area contributed by atoms with Gasteiger partial charge in [0, 0.05) is 12.6 Å². The highest BCUT2D eigenvalue weighted by atomic mass is 19.1. The Hall–Kier alpha value is -1.62. The molecule has 0 atom stereocenters. The van der Waals surface area contributed by atoms with Gasteiger partial charge < -0.3 is 15.4 Å². The van der Waals surface area contributed by atoms with Crippen LogP contribution in [0.3, 0.4) is 0 Å². The zero-order chi connectivity index (χ0) is 10.1. The predicted octanol–water partition coefficient (Wildman–Crippen LogP) is 0.750. The molecule has 0 saturated carbocycles. The van der Waals surface area contributed by atoms with E-state index in [9.17, 15) is 4.39 Å². The minimum absolute atomic E-state index is 0.0208. The minimum Gasteiger partial charge on any atom is -0.395 e. The number of hydrogen-bond donors (Lipinski definition) is 2. The zero-order valence-electron chi connectivity index (χ0n) is 7.44. The van der Waals surface area contributed by atoms with Crippen LogP contribution < -0.4 is 5.73 Å². The van der Waals surface area contributed by atoms with E-state index in [1.54, 1.807) is 10.6 Å². The Morgan fingerprint density at radius 1 is 1.50 bits per heavy atom. The van der Waals surface area contributed by atoms with Crippen LogP contribution in [0, 0.1) is 5.82 Å². The lowest BCUT2D eigenvalue weighted by molar-refractivity contribution is 0.278. The molecule has 0 aliphatic heterocycles. The van der Waals surface area contributed by atoms with Crippen molar-refractivity contribution in [3.8, 4) is 0 Å². The van der Waals surface area contributed by atoms with Crippen LogP contribution in [-0.4, -0.2) is 21.3 Å². The summed E-state index contributed by atoms with van der Waals surface area (Å²) in [5.74, 6) is -0.0502. The highest BCUT2D eigenvalue weighted by Gasteiger charge is 2.07. The maximum atomic E-state index is 12.8. The van der Waals surface area contributed by atoms with Gasteiger partial charge in [0.1, 0.15) is 5.82 Å². The molecule has 5 heteroatoms. The van der Waals surface area contributed by atoms with Crippen molar-refractivity contribution in [2.24, 2.45) is 0 Å². The van der Waals surface area contributed by atoms with E-state index in [1.807, 2.05) is 0 Å². The summed E-state index contributed by atoms with van der Waals surface area (Å²) in [6.07, 6.45) is 0. The summed E-state index contributed by atoms with van der Waals surface area (Å²) < 4.78 is 14.5. The number of imidazole rings is 1. The van der Waals surface area contributed by atoms with Crippen LogP contribution in [0.4, 0.5) is 10.3 Å². The summed E-state index contributed by atoms with van der Waals surface area (Å²) in [6, 6.07) is 4.26. The van der Waals surface area contributed by atoms with Crippen LogP contribution >= 0.6 is 0 Å². The molecule has 1 heterocycles. The lowest BCUT2D eigenvalue weighted by Crippen LogP contribution is -2.05. The van der Waals surface area contributed by atoms with Crippen molar-refractivity contribution < 1.29 is 9.50 Å². The first kappa shape index (κ1) is 8.96. The van der Waals surface area contributed by atoms with Crippen LogP contribution in [0.1, 0.15) is 0 Å². The molecule has 0 spiro atoms. The van der Waals surface area contributed by atoms with Gasteiger partial charge in [-0.15, -0.1) is 0 Å². The van der Waals surface area contributed by atoms with Crippen molar-refractivity contribution in [1.29, 1.82) is 0 Å². The molecule has 1 aromatic carbocycles.